The van der Waals surface area contributed by atoms with Crippen LogP contribution in [0.25, 0.3) is 10.9 Å². The van der Waals surface area contributed by atoms with E-state index in [0.717, 1.165) is 5.56 Å². The molecule has 0 fully saturated rings. The monoisotopic (exact) mass is 241 g/mol. The van der Waals surface area contributed by atoms with Crippen LogP contribution in [0.2, 0.25) is 0 Å². The van der Waals surface area contributed by atoms with Crippen molar-refractivity contribution in [1.82, 2.24) is 4.98 Å². The minimum absolute atomic E-state index is 0.251. The predicted molar refractivity (Wildman–Crippen MR) is 58.1 cm³/mol. The molecule has 5 heteroatoms. The van der Waals surface area contributed by atoms with Crippen molar-refractivity contribution in [3.8, 4) is 0 Å². The van der Waals surface area contributed by atoms with Gasteiger partial charge < -0.3 is 4.98 Å². The maximum absolute atomic E-state index is 12.7. The zero-order valence-electron chi connectivity index (χ0n) is 9.06. The maximum atomic E-state index is 12.7. The summed E-state index contributed by atoms with van der Waals surface area (Å²) < 4.78 is 38.2. The summed E-state index contributed by atoms with van der Waals surface area (Å²) in [4.78, 5) is 13.1. The highest BCUT2D eigenvalue weighted by Gasteiger charge is 2.36. The fraction of sp³-hybridized carbons (Fsp3) is 0.250. The number of nitrogens with one attached hydrogen (secondary N) is 1. The van der Waals surface area contributed by atoms with Crippen LogP contribution in [-0.4, -0.2) is 11.3 Å². The minimum atomic E-state index is -4.54. The molecule has 0 radical (unpaired) electrons. The first-order valence-electron chi connectivity index (χ1n) is 5.15. The number of halogens is 3. The Bertz CT molecular complexity index is 569. The highest BCUT2D eigenvalue weighted by Crippen LogP contribution is 2.35. The topological polar surface area (TPSA) is 32.9 Å². The molecule has 2 rings (SSSR count). The summed E-state index contributed by atoms with van der Waals surface area (Å²) in [5.41, 5.74) is -0.128. The number of aromatic amines is 1. The van der Waals surface area contributed by atoms with Crippen molar-refractivity contribution < 1.29 is 18.0 Å². The van der Waals surface area contributed by atoms with E-state index in [9.17, 15) is 18.0 Å². The van der Waals surface area contributed by atoms with Gasteiger partial charge in [0.25, 0.3) is 0 Å². The number of alkyl halides is 3. The Morgan fingerprint density at radius 2 is 2.06 bits per heavy atom. The second kappa shape index (κ2) is 3.91. The largest absolute Gasteiger partial charge is 0.431 e. The van der Waals surface area contributed by atoms with Crippen molar-refractivity contribution >= 4 is 17.2 Å². The molecule has 0 unspecified atom stereocenters. The number of hydrogen-bond donors (Lipinski definition) is 1. The third-order valence-electron chi connectivity index (χ3n) is 2.74. The highest BCUT2D eigenvalue weighted by molar-refractivity contribution is 6.00. The number of hydrogen-bond acceptors (Lipinski definition) is 1. The number of H-pyrrole nitrogens is 1. The number of carbonyl (C=O) groups is 1. The Hall–Kier alpha value is -1.78. The fourth-order valence-corrected chi connectivity index (χ4v) is 1.94. The first kappa shape index (κ1) is 11.7. The molecule has 2 nitrogen and oxygen atoms in total. The van der Waals surface area contributed by atoms with Gasteiger partial charge in [0, 0.05) is 10.9 Å². The van der Waals surface area contributed by atoms with Crippen LogP contribution in [0.4, 0.5) is 13.2 Å². The first-order chi connectivity index (χ1) is 7.99. The molecule has 0 aliphatic rings. The normalized spacial score (nSPS) is 12.0. The third-order valence-corrected chi connectivity index (χ3v) is 2.74. The van der Waals surface area contributed by atoms with E-state index in [1.807, 2.05) is 6.92 Å². The van der Waals surface area contributed by atoms with E-state index >= 15 is 0 Å². The molecular weight excluding hydrogens is 231 g/mol. The number of aldehydes is 1. The minimum Gasteiger partial charge on any atom is -0.350 e. The average molecular weight is 241 g/mol. The molecule has 2 aromatic rings. The van der Waals surface area contributed by atoms with E-state index in [2.05, 4.69) is 4.98 Å². The molecule has 1 N–H and O–H groups in total. The van der Waals surface area contributed by atoms with Gasteiger partial charge in [-0.05, 0) is 12.0 Å². The van der Waals surface area contributed by atoms with Crippen LogP contribution in [-0.2, 0) is 12.6 Å². The smallest absolute Gasteiger partial charge is 0.350 e. The van der Waals surface area contributed by atoms with E-state index in [-0.39, 0.29) is 11.8 Å². The van der Waals surface area contributed by atoms with Crippen molar-refractivity contribution in [3.05, 3.63) is 35.0 Å². The fourth-order valence-electron chi connectivity index (χ4n) is 1.94. The van der Waals surface area contributed by atoms with Crippen molar-refractivity contribution in [2.45, 2.75) is 19.5 Å². The van der Waals surface area contributed by atoms with E-state index in [1.165, 1.54) is 6.07 Å². The van der Waals surface area contributed by atoms with Gasteiger partial charge in [0.2, 0.25) is 0 Å². The molecule has 1 heterocycles. The summed E-state index contributed by atoms with van der Waals surface area (Å²) in [5.74, 6) is 0. The molecule has 0 bridgehead atoms. The maximum Gasteiger partial charge on any atom is 0.431 e. The molecule has 0 spiro atoms. The lowest BCUT2D eigenvalue weighted by molar-refractivity contribution is -0.140. The van der Waals surface area contributed by atoms with Gasteiger partial charge in [-0.15, -0.1) is 0 Å². The summed E-state index contributed by atoms with van der Waals surface area (Å²) in [6, 6.07) is 4.92. The predicted octanol–water partition coefficient (Wildman–Crippen LogP) is 3.56. The number of benzene rings is 1. The number of fused-ring (bicyclic) bond motifs is 1. The summed E-state index contributed by atoms with van der Waals surface area (Å²) >= 11 is 0. The lowest BCUT2D eigenvalue weighted by Gasteiger charge is -2.03. The van der Waals surface area contributed by atoms with Crippen molar-refractivity contribution in [2.75, 3.05) is 0 Å². The Labute approximate surface area is 95.4 Å². The highest BCUT2D eigenvalue weighted by atomic mass is 19.4. The van der Waals surface area contributed by atoms with Gasteiger partial charge in [-0.2, -0.15) is 13.2 Å². The molecule has 1 aromatic heterocycles. The van der Waals surface area contributed by atoms with E-state index in [4.69, 9.17) is 0 Å². The van der Waals surface area contributed by atoms with Crippen LogP contribution in [0.15, 0.2) is 18.2 Å². The van der Waals surface area contributed by atoms with Crippen LogP contribution in [0, 0.1) is 0 Å². The van der Waals surface area contributed by atoms with Gasteiger partial charge in [-0.25, -0.2) is 0 Å². The summed E-state index contributed by atoms with van der Waals surface area (Å²) in [6.07, 6.45) is -3.69. The molecule has 0 amide bonds. The molecule has 0 aliphatic heterocycles. The van der Waals surface area contributed by atoms with Crippen LogP contribution < -0.4 is 0 Å². The zero-order chi connectivity index (χ0) is 12.6. The molecule has 17 heavy (non-hydrogen) atoms. The lowest BCUT2D eigenvalue weighted by atomic mass is 10.1. The second-order valence-electron chi connectivity index (χ2n) is 3.72. The zero-order valence-corrected chi connectivity index (χ0v) is 9.06. The van der Waals surface area contributed by atoms with Gasteiger partial charge in [-0.1, -0.05) is 25.1 Å². The molecule has 0 atom stereocenters. The van der Waals surface area contributed by atoms with Crippen LogP contribution >= 0.6 is 0 Å². The van der Waals surface area contributed by atoms with E-state index in [0.29, 0.717) is 17.3 Å². The van der Waals surface area contributed by atoms with Crippen molar-refractivity contribution in [3.63, 3.8) is 0 Å². The molecule has 1 aromatic carbocycles. The standard InChI is InChI=1S/C12H10F3NO/c1-2-7-4-3-5-8-9(6-17)11(12(13,14)15)16-10(7)8/h3-6,16H,2H2,1H3. The van der Waals surface area contributed by atoms with Crippen LogP contribution in [0.5, 0.6) is 0 Å². The Balaban J connectivity index is 2.84. The number of aryl methyl sites for hydroxylation is 1. The molecule has 90 valence electrons. The van der Waals surface area contributed by atoms with Gasteiger partial charge in [-0.3, -0.25) is 4.79 Å². The summed E-state index contributed by atoms with van der Waals surface area (Å²) in [7, 11) is 0. The molecule has 0 saturated carbocycles. The Morgan fingerprint density at radius 3 is 2.59 bits per heavy atom. The molecule has 0 aliphatic carbocycles. The first-order valence-corrected chi connectivity index (χ1v) is 5.15. The number of rotatable bonds is 2. The van der Waals surface area contributed by atoms with Crippen molar-refractivity contribution in [2.24, 2.45) is 0 Å². The average Bonchev–Trinajstić information content (AvgIpc) is 2.66. The number of aromatic nitrogens is 1. The van der Waals surface area contributed by atoms with E-state index < -0.39 is 11.9 Å². The summed E-state index contributed by atoms with van der Waals surface area (Å²) in [6.45, 7) is 1.85. The quantitative estimate of drug-likeness (QED) is 0.801. The van der Waals surface area contributed by atoms with Crippen LogP contribution in [0.3, 0.4) is 0 Å². The van der Waals surface area contributed by atoms with Crippen molar-refractivity contribution in [1.29, 1.82) is 0 Å². The van der Waals surface area contributed by atoms with Gasteiger partial charge in [0.15, 0.2) is 6.29 Å². The second-order valence-corrected chi connectivity index (χ2v) is 3.72. The molecular formula is C12H10F3NO. The Morgan fingerprint density at radius 1 is 1.35 bits per heavy atom. The number of para-hydroxylation sites is 1. The SMILES string of the molecule is CCc1cccc2c(C=O)c(C(F)(F)F)[nH]c12. The van der Waals surface area contributed by atoms with Gasteiger partial charge >= 0.3 is 6.18 Å². The van der Waals surface area contributed by atoms with Gasteiger partial charge in [0.1, 0.15) is 5.69 Å². The Kier molecular flexibility index (Phi) is 2.69. The summed E-state index contributed by atoms with van der Waals surface area (Å²) in [5, 5.41) is 0.326. The number of carbonyl (C=O) groups excluding carboxylic acids is 1. The third kappa shape index (κ3) is 1.81. The van der Waals surface area contributed by atoms with Gasteiger partial charge in [0.05, 0.1) is 5.56 Å². The van der Waals surface area contributed by atoms with E-state index in [1.54, 1.807) is 12.1 Å². The lowest BCUT2D eigenvalue weighted by Crippen LogP contribution is -2.08. The van der Waals surface area contributed by atoms with Crippen LogP contribution in [0.1, 0.15) is 28.5 Å². The molecule has 0 saturated heterocycles.